The molecule has 1 unspecified atom stereocenters. The van der Waals surface area contributed by atoms with Crippen LogP contribution in [-0.4, -0.2) is 18.8 Å². The van der Waals surface area contributed by atoms with E-state index in [0.29, 0.717) is 22.9 Å². The van der Waals surface area contributed by atoms with E-state index in [2.05, 4.69) is 0 Å². The second-order valence-electron chi connectivity index (χ2n) is 4.72. The minimum absolute atomic E-state index is 0.563. The summed E-state index contributed by atoms with van der Waals surface area (Å²) in [5.41, 5.74) is 2.52. The monoisotopic (exact) mass is 290 g/mol. The second-order valence-corrected chi connectivity index (χ2v) is 5.16. The zero-order valence-corrected chi connectivity index (χ0v) is 11.9. The molecule has 1 aliphatic rings. The van der Waals surface area contributed by atoms with Gasteiger partial charge in [0.1, 0.15) is 17.6 Å². The Bertz CT molecular complexity index is 638. The maximum atomic E-state index is 10.7. The summed E-state index contributed by atoms with van der Waals surface area (Å²) in [7, 11) is 1.57. The molecule has 1 N–H and O–H groups in total. The SMILES string of the molecule is COc1ccc(Cl)cc1C(O)c1cccc2c1OCC2. The summed E-state index contributed by atoms with van der Waals surface area (Å²) in [6, 6.07) is 11.0. The first-order chi connectivity index (χ1) is 9.70. The molecule has 2 aromatic carbocycles. The van der Waals surface area contributed by atoms with Crippen molar-refractivity contribution in [2.75, 3.05) is 13.7 Å². The molecule has 0 aliphatic carbocycles. The predicted octanol–water partition coefficient (Wildman–Crippen LogP) is 3.37. The maximum Gasteiger partial charge on any atom is 0.128 e. The lowest BCUT2D eigenvalue weighted by atomic mass is 9.97. The Labute approximate surface area is 122 Å². The van der Waals surface area contributed by atoms with Crippen molar-refractivity contribution in [3.63, 3.8) is 0 Å². The van der Waals surface area contributed by atoms with Crippen molar-refractivity contribution in [3.8, 4) is 11.5 Å². The molecular weight excluding hydrogens is 276 g/mol. The van der Waals surface area contributed by atoms with Gasteiger partial charge in [0.25, 0.3) is 0 Å². The number of fused-ring (bicyclic) bond motifs is 1. The van der Waals surface area contributed by atoms with E-state index in [1.807, 2.05) is 18.2 Å². The highest BCUT2D eigenvalue weighted by molar-refractivity contribution is 6.30. The molecule has 0 saturated carbocycles. The number of aliphatic hydroxyl groups is 1. The van der Waals surface area contributed by atoms with Gasteiger partial charge in [-0.3, -0.25) is 0 Å². The number of methoxy groups -OCH3 is 1. The summed E-state index contributed by atoms with van der Waals surface area (Å²) in [6.45, 7) is 0.658. The average molecular weight is 291 g/mol. The number of rotatable bonds is 3. The van der Waals surface area contributed by atoms with Crippen molar-refractivity contribution in [2.45, 2.75) is 12.5 Å². The van der Waals surface area contributed by atoms with Gasteiger partial charge in [0.15, 0.2) is 0 Å². The number of para-hydroxylation sites is 1. The van der Waals surface area contributed by atoms with Gasteiger partial charge in [-0.15, -0.1) is 0 Å². The molecule has 2 aromatic rings. The Balaban J connectivity index is 2.07. The van der Waals surface area contributed by atoms with Crippen LogP contribution in [0.15, 0.2) is 36.4 Å². The number of benzene rings is 2. The van der Waals surface area contributed by atoms with Gasteiger partial charge in [0, 0.05) is 22.6 Å². The van der Waals surface area contributed by atoms with E-state index < -0.39 is 6.10 Å². The van der Waals surface area contributed by atoms with E-state index in [1.54, 1.807) is 25.3 Å². The third-order valence-electron chi connectivity index (χ3n) is 3.53. The van der Waals surface area contributed by atoms with Gasteiger partial charge < -0.3 is 14.6 Å². The summed E-state index contributed by atoms with van der Waals surface area (Å²) in [5, 5.41) is 11.2. The Morgan fingerprint density at radius 1 is 1.25 bits per heavy atom. The molecule has 3 nitrogen and oxygen atoms in total. The summed E-state index contributed by atoms with van der Waals surface area (Å²) in [5.74, 6) is 1.39. The molecule has 0 saturated heterocycles. The van der Waals surface area contributed by atoms with E-state index in [-0.39, 0.29) is 0 Å². The first-order valence-electron chi connectivity index (χ1n) is 6.47. The zero-order chi connectivity index (χ0) is 14.1. The molecule has 104 valence electrons. The van der Waals surface area contributed by atoms with Crippen LogP contribution < -0.4 is 9.47 Å². The fraction of sp³-hybridized carbons (Fsp3) is 0.250. The Hall–Kier alpha value is -1.71. The third kappa shape index (κ3) is 2.23. The van der Waals surface area contributed by atoms with E-state index >= 15 is 0 Å². The number of halogens is 1. The molecule has 0 spiro atoms. The second kappa shape index (κ2) is 5.35. The molecule has 4 heteroatoms. The fourth-order valence-electron chi connectivity index (χ4n) is 2.54. The third-order valence-corrected chi connectivity index (χ3v) is 3.76. The van der Waals surface area contributed by atoms with E-state index in [9.17, 15) is 5.11 Å². The summed E-state index contributed by atoms with van der Waals surface area (Å²) in [6.07, 6.45) is 0.0551. The number of ether oxygens (including phenoxy) is 2. The van der Waals surface area contributed by atoms with Crippen LogP contribution in [0.1, 0.15) is 22.8 Å². The van der Waals surface area contributed by atoms with Crippen molar-refractivity contribution in [2.24, 2.45) is 0 Å². The summed E-state index contributed by atoms with van der Waals surface area (Å²) in [4.78, 5) is 0. The van der Waals surface area contributed by atoms with Crippen LogP contribution in [0, 0.1) is 0 Å². The van der Waals surface area contributed by atoms with E-state index in [4.69, 9.17) is 21.1 Å². The fourth-order valence-corrected chi connectivity index (χ4v) is 2.72. The van der Waals surface area contributed by atoms with Crippen LogP contribution in [0.4, 0.5) is 0 Å². The Morgan fingerprint density at radius 3 is 2.90 bits per heavy atom. The van der Waals surface area contributed by atoms with Gasteiger partial charge >= 0.3 is 0 Å². The molecule has 1 heterocycles. The average Bonchev–Trinajstić information content (AvgIpc) is 2.94. The minimum Gasteiger partial charge on any atom is -0.496 e. The van der Waals surface area contributed by atoms with Gasteiger partial charge in [0.05, 0.1) is 13.7 Å². The minimum atomic E-state index is -0.823. The number of hydrogen-bond acceptors (Lipinski definition) is 3. The zero-order valence-electron chi connectivity index (χ0n) is 11.1. The molecule has 1 aliphatic heterocycles. The van der Waals surface area contributed by atoms with Crippen molar-refractivity contribution >= 4 is 11.6 Å². The quantitative estimate of drug-likeness (QED) is 0.942. The standard InChI is InChI=1S/C16H15ClO3/c1-19-14-6-5-11(17)9-13(14)15(18)12-4-2-3-10-7-8-20-16(10)12/h2-6,9,15,18H,7-8H2,1H3. The first-order valence-corrected chi connectivity index (χ1v) is 6.84. The molecule has 0 bridgehead atoms. The molecule has 0 fully saturated rings. The summed E-state index contributed by atoms with van der Waals surface area (Å²) >= 11 is 6.02. The molecule has 0 aromatic heterocycles. The maximum absolute atomic E-state index is 10.7. The van der Waals surface area contributed by atoms with Crippen LogP contribution in [0.3, 0.4) is 0 Å². The lowest BCUT2D eigenvalue weighted by Crippen LogP contribution is -2.04. The number of aliphatic hydroxyl groups excluding tert-OH is 1. The first kappa shape index (κ1) is 13.3. The highest BCUT2D eigenvalue weighted by Crippen LogP contribution is 2.39. The lowest BCUT2D eigenvalue weighted by molar-refractivity contribution is 0.208. The molecule has 20 heavy (non-hydrogen) atoms. The predicted molar refractivity (Wildman–Crippen MR) is 77.7 cm³/mol. The highest BCUT2D eigenvalue weighted by atomic mass is 35.5. The topological polar surface area (TPSA) is 38.7 Å². The van der Waals surface area contributed by atoms with Crippen molar-refractivity contribution in [1.82, 2.24) is 0 Å². The molecule has 1 atom stereocenters. The smallest absolute Gasteiger partial charge is 0.128 e. The Kier molecular flexibility index (Phi) is 3.55. The van der Waals surface area contributed by atoms with Gasteiger partial charge in [-0.25, -0.2) is 0 Å². The number of hydrogen-bond donors (Lipinski definition) is 1. The van der Waals surface area contributed by atoms with Gasteiger partial charge in [-0.1, -0.05) is 29.8 Å². The van der Waals surface area contributed by atoms with Gasteiger partial charge in [0.2, 0.25) is 0 Å². The highest BCUT2D eigenvalue weighted by Gasteiger charge is 2.24. The van der Waals surface area contributed by atoms with E-state index in [0.717, 1.165) is 23.3 Å². The van der Waals surface area contributed by atoms with E-state index in [1.165, 1.54) is 0 Å². The largest absolute Gasteiger partial charge is 0.496 e. The van der Waals surface area contributed by atoms with Crippen molar-refractivity contribution in [1.29, 1.82) is 0 Å². The molecular formula is C16H15ClO3. The normalized spacial score (nSPS) is 14.6. The molecule has 0 amide bonds. The van der Waals surface area contributed by atoms with Crippen LogP contribution in [0.5, 0.6) is 11.5 Å². The van der Waals surface area contributed by atoms with Gasteiger partial charge in [-0.2, -0.15) is 0 Å². The molecule has 0 radical (unpaired) electrons. The molecule has 3 rings (SSSR count). The summed E-state index contributed by atoms with van der Waals surface area (Å²) < 4.78 is 10.9. The van der Waals surface area contributed by atoms with Crippen LogP contribution in [0.25, 0.3) is 0 Å². The van der Waals surface area contributed by atoms with Crippen LogP contribution in [0.2, 0.25) is 5.02 Å². The Morgan fingerprint density at radius 2 is 2.10 bits per heavy atom. The van der Waals surface area contributed by atoms with Gasteiger partial charge in [-0.05, 0) is 23.8 Å². The van der Waals surface area contributed by atoms with Crippen molar-refractivity contribution in [3.05, 3.63) is 58.1 Å². The van der Waals surface area contributed by atoms with Crippen molar-refractivity contribution < 1.29 is 14.6 Å². The van der Waals surface area contributed by atoms with Crippen LogP contribution in [-0.2, 0) is 6.42 Å². The van der Waals surface area contributed by atoms with Crippen LogP contribution >= 0.6 is 11.6 Å². The lowest BCUT2D eigenvalue weighted by Gasteiger charge is -2.17.